The lowest BCUT2D eigenvalue weighted by molar-refractivity contribution is 0.105. The maximum atomic E-state index is 5.68. The molecule has 4 nitrogen and oxygen atoms in total. The van der Waals surface area contributed by atoms with Gasteiger partial charge in [-0.3, -0.25) is 9.58 Å². The Labute approximate surface area is 130 Å². The fraction of sp³-hybridized carbons (Fsp3) is 0.562. The van der Waals surface area contributed by atoms with Crippen LogP contribution < -0.4 is 0 Å². The molecule has 0 saturated carbocycles. The van der Waals surface area contributed by atoms with Crippen LogP contribution in [0.15, 0.2) is 18.3 Å². The highest BCUT2D eigenvalue weighted by atomic mass is 32.1. The molecule has 0 radical (unpaired) electrons. The fourth-order valence-electron chi connectivity index (χ4n) is 3.02. The molecule has 1 aliphatic heterocycles. The number of ether oxygens (including phenoxy) is 1. The molecule has 0 fully saturated rings. The first-order chi connectivity index (χ1) is 10.2. The molecule has 3 heterocycles. The van der Waals surface area contributed by atoms with Gasteiger partial charge in [-0.25, -0.2) is 0 Å². The van der Waals surface area contributed by atoms with Crippen LogP contribution >= 0.6 is 11.3 Å². The molecule has 21 heavy (non-hydrogen) atoms. The van der Waals surface area contributed by atoms with Gasteiger partial charge in [-0.2, -0.15) is 5.10 Å². The van der Waals surface area contributed by atoms with Crippen molar-refractivity contribution in [1.29, 1.82) is 0 Å². The van der Waals surface area contributed by atoms with E-state index in [4.69, 9.17) is 4.74 Å². The summed E-state index contributed by atoms with van der Waals surface area (Å²) in [5.74, 6) is 0.434. The van der Waals surface area contributed by atoms with E-state index in [0.717, 1.165) is 32.8 Å². The van der Waals surface area contributed by atoms with Gasteiger partial charge in [-0.1, -0.05) is 0 Å². The van der Waals surface area contributed by atoms with Crippen LogP contribution in [0, 0.1) is 6.92 Å². The molecule has 3 rings (SSSR count). The van der Waals surface area contributed by atoms with E-state index in [1.54, 1.807) is 0 Å². The topological polar surface area (TPSA) is 30.3 Å². The number of rotatable bonds is 5. The SMILES string of the molecule is CCOCC1CN(Cc2ccc(C)s2)Cc2nn(C)cc21. The van der Waals surface area contributed by atoms with E-state index in [1.165, 1.54) is 21.0 Å². The molecule has 0 spiro atoms. The Balaban J connectivity index is 1.76. The Kier molecular flexibility index (Phi) is 4.42. The monoisotopic (exact) mass is 305 g/mol. The fourth-order valence-corrected chi connectivity index (χ4v) is 3.95. The quantitative estimate of drug-likeness (QED) is 0.851. The maximum absolute atomic E-state index is 5.68. The van der Waals surface area contributed by atoms with E-state index < -0.39 is 0 Å². The normalized spacial score (nSPS) is 18.9. The molecule has 1 aliphatic rings. The average Bonchev–Trinajstić information content (AvgIpc) is 3.01. The van der Waals surface area contributed by atoms with Crippen LogP contribution in [-0.2, 0) is 24.9 Å². The second kappa shape index (κ2) is 6.30. The molecule has 0 aliphatic carbocycles. The number of nitrogens with zero attached hydrogens (tertiary/aromatic N) is 3. The number of aryl methyl sites for hydroxylation is 2. The van der Waals surface area contributed by atoms with Crippen molar-refractivity contribution in [3.8, 4) is 0 Å². The highest BCUT2D eigenvalue weighted by molar-refractivity contribution is 7.11. The van der Waals surface area contributed by atoms with Crippen molar-refractivity contribution in [2.75, 3.05) is 19.8 Å². The summed E-state index contributed by atoms with van der Waals surface area (Å²) in [6.07, 6.45) is 2.16. The minimum atomic E-state index is 0.434. The Morgan fingerprint density at radius 3 is 3.00 bits per heavy atom. The molecule has 1 atom stereocenters. The van der Waals surface area contributed by atoms with Crippen molar-refractivity contribution < 1.29 is 4.74 Å². The Morgan fingerprint density at radius 2 is 2.29 bits per heavy atom. The maximum Gasteiger partial charge on any atom is 0.0800 e. The lowest BCUT2D eigenvalue weighted by Crippen LogP contribution is -2.34. The van der Waals surface area contributed by atoms with E-state index in [9.17, 15) is 0 Å². The van der Waals surface area contributed by atoms with Gasteiger partial charge >= 0.3 is 0 Å². The average molecular weight is 305 g/mol. The van der Waals surface area contributed by atoms with E-state index in [0.29, 0.717) is 5.92 Å². The zero-order chi connectivity index (χ0) is 14.8. The van der Waals surface area contributed by atoms with Gasteiger partial charge in [-0.15, -0.1) is 11.3 Å². The van der Waals surface area contributed by atoms with E-state index >= 15 is 0 Å². The predicted molar refractivity (Wildman–Crippen MR) is 85.6 cm³/mol. The van der Waals surface area contributed by atoms with Crippen LogP contribution in [0.1, 0.15) is 33.9 Å². The third-order valence-corrected chi connectivity index (χ3v) is 4.91. The zero-order valence-corrected chi connectivity index (χ0v) is 13.8. The molecule has 0 saturated heterocycles. The van der Waals surface area contributed by atoms with Gasteiger partial charge in [0, 0.05) is 60.7 Å². The number of fused-ring (bicyclic) bond motifs is 1. The van der Waals surface area contributed by atoms with Gasteiger partial charge in [0.2, 0.25) is 0 Å². The Morgan fingerprint density at radius 1 is 1.43 bits per heavy atom. The zero-order valence-electron chi connectivity index (χ0n) is 13.0. The second-order valence-corrected chi connectivity index (χ2v) is 7.12. The molecular formula is C16H23N3OS. The summed E-state index contributed by atoms with van der Waals surface area (Å²) in [6.45, 7) is 8.78. The second-order valence-electron chi connectivity index (χ2n) is 5.74. The van der Waals surface area contributed by atoms with Gasteiger partial charge in [0.15, 0.2) is 0 Å². The highest BCUT2D eigenvalue weighted by Crippen LogP contribution is 2.29. The first kappa shape index (κ1) is 14.8. The lowest BCUT2D eigenvalue weighted by Gasteiger charge is -2.31. The third-order valence-electron chi connectivity index (χ3n) is 3.93. The predicted octanol–water partition coefficient (Wildman–Crippen LogP) is 2.93. The van der Waals surface area contributed by atoms with E-state index in [2.05, 4.69) is 42.2 Å². The van der Waals surface area contributed by atoms with Crippen LogP contribution in [0.3, 0.4) is 0 Å². The van der Waals surface area contributed by atoms with Gasteiger partial charge in [0.25, 0.3) is 0 Å². The van der Waals surface area contributed by atoms with Crippen molar-refractivity contribution >= 4 is 11.3 Å². The Hall–Kier alpha value is -1.17. The van der Waals surface area contributed by atoms with Crippen molar-refractivity contribution in [1.82, 2.24) is 14.7 Å². The van der Waals surface area contributed by atoms with Gasteiger partial charge in [0.1, 0.15) is 0 Å². The first-order valence-corrected chi connectivity index (χ1v) is 8.35. The highest BCUT2D eigenvalue weighted by Gasteiger charge is 2.28. The van der Waals surface area contributed by atoms with Gasteiger partial charge in [0.05, 0.1) is 12.3 Å². The van der Waals surface area contributed by atoms with Crippen molar-refractivity contribution in [3.05, 3.63) is 39.3 Å². The third kappa shape index (κ3) is 3.36. The minimum absolute atomic E-state index is 0.434. The number of aromatic nitrogens is 2. The molecule has 0 aromatic carbocycles. The lowest BCUT2D eigenvalue weighted by atomic mass is 9.95. The molecule has 114 valence electrons. The molecule has 5 heteroatoms. The van der Waals surface area contributed by atoms with E-state index in [1.807, 2.05) is 23.1 Å². The minimum Gasteiger partial charge on any atom is -0.381 e. The molecule has 2 aromatic heterocycles. The van der Waals surface area contributed by atoms with E-state index in [-0.39, 0.29) is 0 Å². The Bertz CT molecular complexity index is 604. The number of thiophene rings is 1. The van der Waals surface area contributed by atoms with Crippen LogP contribution in [0.5, 0.6) is 0 Å². The summed E-state index contributed by atoms with van der Waals surface area (Å²) >= 11 is 1.89. The van der Waals surface area contributed by atoms with Gasteiger partial charge < -0.3 is 4.74 Å². The summed E-state index contributed by atoms with van der Waals surface area (Å²) in [7, 11) is 2.00. The van der Waals surface area contributed by atoms with Crippen LogP contribution in [0.2, 0.25) is 0 Å². The number of hydrogen-bond acceptors (Lipinski definition) is 4. The van der Waals surface area contributed by atoms with Gasteiger partial charge in [-0.05, 0) is 26.0 Å². The summed E-state index contributed by atoms with van der Waals surface area (Å²) < 4.78 is 7.61. The smallest absolute Gasteiger partial charge is 0.0800 e. The van der Waals surface area contributed by atoms with Crippen molar-refractivity contribution in [2.24, 2.45) is 7.05 Å². The largest absolute Gasteiger partial charge is 0.381 e. The summed E-state index contributed by atoms with van der Waals surface area (Å²) in [5.41, 5.74) is 2.58. The molecule has 0 amide bonds. The summed E-state index contributed by atoms with van der Waals surface area (Å²) in [5, 5.41) is 4.63. The molecular weight excluding hydrogens is 282 g/mol. The first-order valence-electron chi connectivity index (χ1n) is 7.53. The molecule has 1 unspecified atom stereocenters. The number of hydrogen-bond donors (Lipinski definition) is 0. The summed E-state index contributed by atoms with van der Waals surface area (Å²) in [6, 6.07) is 4.44. The molecule has 0 bridgehead atoms. The summed E-state index contributed by atoms with van der Waals surface area (Å²) in [4.78, 5) is 5.30. The van der Waals surface area contributed by atoms with Crippen molar-refractivity contribution in [3.63, 3.8) is 0 Å². The molecule has 2 aromatic rings. The standard InChI is InChI=1S/C16H23N3OS/c1-4-20-11-13-7-19(8-14-6-5-12(2)21-14)10-16-15(13)9-18(3)17-16/h5-6,9,13H,4,7-8,10-11H2,1-3H3. The van der Waals surface area contributed by atoms with Crippen LogP contribution in [0.4, 0.5) is 0 Å². The van der Waals surface area contributed by atoms with Crippen LogP contribution in [-0.4, -0.2) is 34.4 Å². The van der Waals surface area contributed by atoms with Crippen molar-refractivity contribution in [2.45, 2.75) is 32.9 Å². The molecule has 0 N–H and O–H groups in total. The van der Waals surface area contributed by atoms with Crippen LogP contribution in [0.25, 0.3) is 0 Å².